The summed E-state index contributed by atoms with van der Waals surface area (Å²) in [5.41, 5.74) is 12.5. The van der Waals surface area contributed by atoms with Crippen LogP contribution in [0.25, 0.3) is 16.8 Å². The lowest BCUT2D eigenvalue weighted by Crippen LogP contribution is -2.42. The Labute approximate surface area is 190 Å². The number of anilines is 1. The van der Waals surface area contributed by atoms with Gasteiger partial charge >= 0.3 is 7.05 Å². The molecule has 4 rings (SSSR count). The van der Waals surface area contributed by atoms with Gasteiger partial charge in [-0.1, -0.05) is 23.9 Å². The minimum absolute atomic E-state index is 0.366. The third kappa shape index (κ3) is 3.93. The van der Waals surface area contributed by atoms with Crippen LogP contribution in [0.4, 0.5) is 5.82 Å². The topological polar surface area (TPSA) is 106 Å². The highest BCUT2D eigenvalue weighted by molar-refractivity contribution is 6.45. The van der Waals surface area contributed by atoms with E-state index in [1.165, 1.54) is 6.33 Å². The van der Waals surface area contributed by atoms with Crippen LogP contribution in [0.3, 0.4) is 0 Å². The van der Waals surface area contributed by atoms with Gasteiger partial charge in [-0.2, -0.15) is 0 Å². The number of hydrogen-bond donors (Lipinski definition) is 3. The second-order valence-corrected chi connectivity index (χ2v) is 9.41. The lowest BCUT2D eigenvalue weighted by atomic mass is 9.69. The zero-order valence-corrected chi connectivity index (χ0v) is 19.4. The van der Waals surface area contributed by atoms with Crippen LogP contribution in [0.2, 0.25) is 6.82 Å². The molecule has 32 heavy (non-hydrogen) atoms. The number of fused-ring (bicyclic) bond motifs is 3. The van der Waals surface area contributed by atoms with Crippen molar-refractivity contribution in [3.05, 3.63) is 47.8 Å². The molecule has 8 heteroatoms. The smallest absolute Gasteiger partial charge is 0.373 e. The maximum absolute atomic E-state index is 9.60. The van der Waals surface area contributed by atoms with Gasteiger partial charge in [0.05, 0.1) is 11.4 Å². The highest BCUT2D eigenvalue weighted by Gasteiger charge is 2.41. The van der Waals surface area contributed by atoms with Crippen LogP contribution in [0.15, 0.2) is 36.3 Å². The summed E-state index contributed by atoms with van der Waals surface area (Å²) in [4.78, 5) is 14.0. The molecule has 2 aliphatic carbocycles. The molecule has 1 heterocycles. The van der Waals surface area contributed by atoms with Gasteiger partial charge in [0.2, 0.25) is 0 Å². The molecule has 0 atom stereocenters. The summed E-state index contributed by atoms with van der Waals surface area (Å²) in [5.74, 6) is 0.885. The van der Waals surface area contributed by atoms with E-state index in [1.54, 1.807) is 13.9 Å². The number of nitrogens with one attached hydrogen (secondary N) is 1. The Hall–Kier alpha value is -2.71. The van der Waals surface area contributed by atoms with Crippen LogP contribution in [0.5, 0.6) is 0 Å². The first-order valence-electron chi connectivity index (χ1n) is 11.2. The van der Waals surface area contributed by atoms with Crippen molar-refractivity contribution >= 4 is 24.2 Å². The number of oxime groups is 1. The summed E-state index contributed by atoms with van der Waals surface area (Å²) < 4.78 is 0. The predicted octanol–water partition coefficient (Wildman–Crippen LogP) is 3.64. The van der Waals surface area contributed by atoms with Gasteiger partial charge in [-0.25, -0.2) is 9.97 Å². The van der Waals surface area contributed by atoms with E-state index in [9.17, 15) is 5.02 Å². The minimum Gasteiger partial charge on any atom is -0.437 e. The molecule has 2 aromatic rings. The van der Waals surface area contributed by atoms with Gasteiger partial charge in [0.15, 0.2) is 0 Å². The molecular formula is C24H32BN5O2. The van der Waals surface area contributed by atoms with Crippen molar-refractivity contribution in [1.29, 1.82) is 0 Å². The summed E-state index contributed by atoms with van der Waals surface area (Å²) in [5, 5.41) is 17.3. The number of nitrogens with zero attached hydrogens (tertiary/aromatic N) is 3. The molecule has 4 N–H and O–H groups in total. The average molecular weight is 433 g/mol. The second-order valence-electron chi connectivity index (χ2n) is 9.41. The molecule has 0 spiro atoms. The number of rotatable bonds is 5. The Bertz CT molecular complexity index is 1060. The van der Waals surface area contributed by atoms with Gasteiger partial charge in [-0.05, 0) is 75.5 Å². The number of hydrogen-bond acceptors (Lipinski definition) is 7. The fourth-order valence-electron chi connectivity index (χ4n) is 5.26. The summed E-state index contributed by atoms with van der Waals surface area (Å²) >= 11 is 0. The number of allylic oxidation sites excluding steroid dienone is 1. The lowest BCUT2D eigenvalue weighted by Gasteiger charge is -2.35. The van der Waals surface area contributed by atoms with Crippen LogP contribution in [-0.2, 0) is 10.3 Å². The quantitative estimate of drug-likeness (QED) is 0.491. The van der Waals surface area contributed by atoms with E-state index < -0.39 is 12.5 Å². The molecule has 0 amide bonds. The SMILES string of the molecule is C=C(c1ccc2c(c1)C(=NOC)C(C)(C)c1c(N)ncnc1-2)C1CCC(NB(C)O)CC1. The Morgan fingerprint density at radius 1 is 1.25 bits per heavy atom. The first-order chi connectivity index (χ1) is 15.2. The van der Waals surface area contributed by atoms with E-state index >= 15 is 0 Å². The van der Waals surface area contributed by atoms with Gasteiger partial charge < -0.3 is 20.8 Å². The Morgan fingerprint density at radius 2 is 1.97 bits per heavy atom. The van der Waals surface area contributed by atoms with Gasteiger partial charge in [0, 0.05) is 22.1 Å². The number of aromatic nitrogens is 2. The van der Waals surface area contributed by atoms with E-state index in [2.05, 4.69) is 59.0 Å². The maximum Gasteiger partial charge on any atom is 0.373 e. The molecule has 168 valence electrons. The van der Waals surface area contributed by atoms with Crippen LogP contribution < -0.4 is 11.0 Å². The average Bonchev–Trinajstić information content (AvgIpc) is 2.75. The van der Waals surface area contributed by atoms with E-state index in [1.807, 2.05) is 0 Å². The molecule has 0 radical (unpaired) electrons. The molecule has 1 aromatic carbocycles. The first-order valence-corrected chi connectivity index (χ1v) is 11.2. The minimum atomic E-state index is -0.506. The van der Waals surface area contributed by atoms with Crippen LogP contribution in [0, 0.1) is 5.92 Å². The molecule has 7 nitrogen and oxygen atoms in total. The Kier molecular flexibility index (Phi) is 6.10. The molecule has 2 aliphatic rings. The van der Waals surface area contributed by atoms with Crippen LogP contribution in [-0.4, -0.2) is 40.9 Å². The highest BCUT2D eigenvalue weighted by Crippen LogP contribution is 2.45. The largest absolute Gasteiger partial charge is 0.437 e. The normalized spacial score (nSPS) is 22.7. The number of nitrogen functional groups attached to an aromatic ring is 1. The van der Waals surface area contributed by atoms with E-state index in [4.69, 9.17) is 10.6 Å². The second kappa shape index (κ2) is 8.67. The zero-order valence-electron chi connectivity index (χ0n) is 19.4. The highest BCUT2D eigenvalue weighted by atomic mass is 16.6. The molecule has 1 aromatic heterocycles. The zero-order chi connectivity index (χ0) is 23.0. The van der Waals surface area contributed by atoms with E-state index in [0.29, 0.717) is 17.8 Å². The predicted molar refractivity (Wildman–Crippen MR) is 130 cm³/mol. The van der Waals surface area contributed by atoms with Crippen molar-refractivity contribution in [2.45, 2.75) is 57.8 Å². The van der Waals surface area contributed by atoms with Crippen molar-refractivity contribution in [2.75, 3.05) is 12.8 Å². The van der Waals surface area contributed by atoms with Gasteiger partial charge in [-0.15, -0.1) is 0 Å². The Morgan fingerprint density at radius 3 is 2.62 bits per heavy atom. The molecule has 0 bridgehead atoms. The van der Waals surface area contributed by atoms with Crippen molar-refractivity contribution in [1.82, 2.24) is 15.2 Å². The van der Waals surface area contributed by atoms with Gasteiger partial charge in [0.25, 0.3) is 0 Å². The van der Waals surface area contributed by atoms with E-state index in [0.717, 1.165) is 64.9 Å². The molecule has 0 saturated heterocycles. The summed E-state index contributed by atoms with van der Waals surface area (Å²) in [7, 11) is 1.09. The monoisotopic (exact) mass is 433 g/mol. The number of benzene rings is 1. The molecule has 1 saturated carbocycles. The Balaban J connectivity index is 1.69. The standard InChI is InChI=1S/C24H32BN5O2/c1-14(15-6-9-17(10-7-15)29-25(4)31)16-8-11-18-19(12-16)22(30-32-5)24(2,3)20-21(18)27-13-28-23(20)26/h8,11-13,15,17,29,31H,1,6-7,9-10H2,2-5H3,(H2,26,27,28). The van der Waals surface area contributed by atoms with Gasteiger partial charge in [0.1, 0.15) is 19.3 Å². The fourth-order valence-corrected chi connectivity index (χ4v) is 5.26. The van der Waals surface area contributed by atoms with Crippen LogP contribution in [0.1, 0.15) is 56.2 Å². The van der Waals surface area contributed by atoms with Crippen molar-refractivity contribution in [3.8, 4) is 11.3 Å². The maximum atomic E-state index is 9.60. The summed E-state index contributed by atoms with van der Waals surface area (Å²) in [6.07, 6.45) is 5.69. The molecule has 0 aliphatic heterocycles. The molecular weight excluding hydrogens is 401 g/mol. The lowest BCUT2D eigenvalue weighted by molar-refractivity contribution is 0.211. The molecule has 1 fully saturated rings. The summed E-state index contributed by atoms with van der Waals surface area (Å²) in [6, 6.07) is 6.73. The molecule has 0 unspecified atom stereocenters. The van der Waals surface area contributed by atoms with Crippen molar-refractivity contribution in [3.63, 3.8) is 0 Å². The van der Waals surface area contributed by atoms with Crippen molar-refractivity contribution in [2.24, 2.45) is 11.1 Å². The third-order valence-electron chi connectivity index (χ3n) is 6.87. The van der Waals surface area contributed by atoms with E-state index in [-0.39, 0.29) is 0 Å². The fraction of sp³-hybridized carbons (Fsp3) is 0.458. The van der Waals surface area contributed by atoms with Crippen LogP contribution >= 0.6 is 0 Å². The van der Waals surface area contributed by atoms with Crippen molar-refractivity contribution < 1.29 is 9.86 Å². The first kappa shape index (κ1) is 22.5. The third-order valence-corrected chi connectivity index (χ3v) is 6.87. The summed E-state index contributed by atoms with van der Waals surface area (Å²) in [6.45, 7) is 10.4. The van der Waals surface area contributed by atoms with Gasteiger partial charge in [-0.3, -0.25) is 0 Å². The number of nitrogens with two attached hydrogens (primary N) is 1.